The molecule has 1 aliphatic carbocycles. The van der Waals surface area contributed by atoms with Crippen LogP contribution in [0.1, 0.15) is 37.8 Å². The smallest absolute Gasteiger partial charge is 0.142 e. The Morgan fingerprint density at radius 2 is 2.21 bits per heavy atom. The molecule has 19 heavy (non-hydrogen) atoms. The Hall–Kier alpha value is -0.450. The third kappa shape index (κ3) is 3.56. The number of benzene rings is 1. The average Bonchev–Trinajstić information content (AvgIpc) is 2.36. The van der Waals surface area contributed by atoms with Crippen LogP contribution in [0.4, 0.5) is 4.39 Å². The van der Waals surface area contributed by atoms with Gasteiger partial charge in [-0.3, -0.25) is 0 Å². The summed E-state index contributed by atoms with van der Waals surface area (Å²) in [4.78, 5) is 0. The molecular formula is C15H21BrFNO. The quantitative estimate of drug-likeness (QED) is 0.849. The minimum Gasteiger partial charge on any atom is -0.378 e. The Balaban J connectivity index is 1.96. The normalized spacial score (nSPS) is 24.0. The maximum absolute atomic E-state index is 14.1. The van der Waals surface area contributed by atoms with E-state index in [-0.39, 0.29) is 11.9 Å². The fourth-order valence-electron chi connectivity index (χ4n) is 2.76. The molecule has 0 heterocycles. The summed E-state index contributed by atoms with van der Waals surface area (Å²) in [6.07, 6.45) is 3.58. The molecule has 1 fully saturated rings. The minimum absolute atomic E-state index is 0.0741. The molecule has 1 saturated carbocycles. The number of ether oxygens (including phenoxy) is 1. The van der Waals surface area contributed by atoms with Crippen LogP contribution >= 0.6 is 15.9 Å². The molecule has 0 aromatic heterocycles. The first kappa shape index (κ1) is 14.9. The number of halogens is 2. The molecule has 4 heteroatoms. The highest BCUT2D eigenvalue weighted by molar-refractivity contribution is 9.10. The summed E-state index contributed by atoms with van der Waals surface area (Å²) in [7, 11) is 1.89. The van der Waals surface area contributed by atoms with E-state index >= 15 is 0 Å². The summed E-state index contributed by atoms with van der Waals surface area (Å²) in [5.74, 6) is 0.481. The van der Waals surface area contributed by atoms with E-state index < -0.39 is 0 Å². The van der Waals surface area contributed by atoms with Crippen molar-refractivity contribution in [3.05, 3.63) is 34.1 Å². The fraction of sp³-hybridized carbons (Fsp3) is 0.600. The molecule has 2 rings (SSSR count). The molecule has 0 bridgehead atoms. The highest BCUT2D eigenvalue weighted by Gasteiger charge is 2.32. The van der Waals surface area contributed by atoms with E-state index in [9.17, 15) is 4.39 Å². The molecule has 1 aromatic rings. The molecule has 0 saturated heterocycles. The summed E-state index contributed by atoms with van der Waals surface area (Å²) in [6.45, 7) is 2.81. The van der Waals surface area contributed by atoms with Gasteiger partial charge in [0.05, 0.1) is 10.6 Å². The van der Waals surface area contributed by atoms with Crippen LogP contribution in [-0.2, 0) is 4.74 Å². The van der Waals surface area contributed by atoms with Gasteiger partial charge in [0.25, 0.3) is 0 Å². The Morgan fingerprint density at radius 1 is 1.47 bits per heavy atom. The Labute approximate surface area is 122 Å². The van der Waals surface area contributed by atoms with E-state index in [0.717, 1.165) is 31.4 Å². The summed E-state index contributed by atoms with van der Waals surface area (Å²) < 4.78 is 20.2. The van der Waals surface area contributed by atoms with Crippen LogP contribution in [0.5, 0.6) is 0 Å². The molecule has 1 atom stereocenters. The van der Waals surface area contributed by atoms with E-state index in [0.29, 0.717) is 16.5 Å². The van der Waals surface area contributed by atoms with Crippen LogP contribution in [-0.4, -0.2) is 19.8 Å². The molecule has 0 aliphatic heterocycles. The van der Waals surface area contributed by atoms with Gasteiger partial charge in [0.2, 0.25) is 0 Å². The first-order chi connectivity index (χ1) is 9.15. The van der Waals surface area contributed by atoms with Gasteiger partial charge < -0.3 is 10.1 Å². The molecule has 1 N–H and O–H groups in total. The standard InChI is InChI=1S/C15H21BrFNO/c1-3-19-11-7-10(8-11)9-14(18-2)12-5-4-6-13(16)15(12)17/h4-6,10-11,14,18H,3,7-9H2,1-2H3. The zero-order valence-electron chi connectivity index (χ0n) is 11.5. The van der Waals surface area contributed by atoms with Gasteiger partial charge in [0, 0.05) is 18.2 Å². The molecule has 2 nitrogen and oxygen atoms in total. The van der Waals surface area contributed by atoms with Crippen molar-refractivity contribution in [3.8, 4) is 0 Å². The van der Waals surface area contributed by atoms with Gasteiger partial charge in [-0.1, -0.05) is 12.1 Å². The predicted octanol–water partition coefficient (Wildman–Crippen LogP) is 4.05. The lowest BCUT2D eigenvalue weighted by molar-refractivity contribution is -0.0290. The third-order valence-corrected chi connectivity index (χ3v) is 4.48. The highest BCUT2D eigenvalue weighted by Crippen LogP contribution is 2.37. The van der Waals surface area contributed by atoms with Gasteiger partial charge >= 0.3 is 0 Å². The number of rotatable bonds is 6. The Kier molecular flexibility index (Phi) is 5.37. The predicted molar refractivity (Wildman–Crippen MR) is 78.7 cm³/mol. The molecule has 1 aromatic carbocycles. The van der Waals surface area contributed by atoms with Crippen LogP contribution in [0.3, 0.4) is 0 Å². The summed E-state index contributed by atoms with van der Waals surface area (Å²) >= 11 is 3.25. The summed E-state index contributed by atoms with van der Waals surface area (Å²) in [5.41, 5.74) is 0.747. The number of nitrogens with one attached hydrogen (secondary N) is 1. The average molecular weight is 330 g/mol. The zero-order chi connectivity index (χ0) is 13.8. The maximum Gasteiger partial charge on any atom is 0.142 e. The summed E-state index contributed by atoms with van der Waals surface area (Å²) in [5, 5.41) is 3.23. The molecule has 0 radical (unpaired) electrons. The molecule has 1 aliphatic rings. The van der Waals surface area contributed by atoms with E-state index in [2.05, 4.69) is 21.2 Å². The Morgan fingerprint density at radius 3 is 2.84 bits per heavy atom. The lowest BCUT2D eigenvalue weighted by atomic mass is 9.77. The van der Waals surface area contributed by atoms with Crippen molar-refractivity contribution in [1.29, 1.82) is 0 Å². The molecule has 1 unspecified atom stereocenters. The topological polar surface area (TPSA) is 21.3 Å². The second-order valence-electron chi connectivity index (χ2n) is 5.13. The first-order valence-electron chi connectivity index (χ1n) is 6.88. The maximum atomic E-state index is 14.1. The van der Waals surface area contributed by atoms with Crippen LogP contribution in [0.25, 0.3) is 0 Å². The number of hydrogen-bond donors (Lipinski definition) is 1. The van der Waals surface area contributed by atoms with Crippen LogP contribution in [0, 0.1) is 11.7 Å². The van der Waals surface area contributed by atoms with Crippen molar-refractivity contribution in [3.63, 3.8) is 0 Å². The van der Waals surface area contributed by atoms with E-state index in [1.807, 2.05) is 26.1 Å². The van der Waals surface area contributed by atoms with Crippen molar-refractivity contribution in [1.82, 2.24) is 5.32 Å². The monoisotopic (exact) mass is 329 g/mol. The van der Waals surface area contributed by atoms with Crippen LogP contribution in [0.15, 0.2) is 22.7 Å². The van der Waals surface area contributed by atoms with Gasteiger partial charge in [0.1, 0.15) is 5.82 Å². The van der Waals surface area contributed by atoms with E-state index in [4.69, 9.17) is 4.74 Å². The van der Waals surface area contributed by atoms with E-state index in [1.165, 1.54) is 0 Å². The lowest BCUT2D eigenvalue weighted by Gasteiger charge is -2.37. The van der Waals surface area contributed by atoms with Gasteiger partial charge in [-0.05, 0) is 61.1 Å². The molecular weight excluding hydrogens is 309 g/mol. The minimum atomic E-state index is -0.150. The fourth-order valence-corrected chi connectivity index (χ4v) is 3.14. The van der Waals surface area contributed by atoms with Gasteiger partial charge in [0.15, 0.2) is 0 Å². The zero-order valence-corrected chi connectivity index (χ0v) is 13.0. The largest absolute Gasteiger partial charge is 0.378 e. The second-order valence-corrected chi connectivity index (χ2v) is 5.99. The third-order valence-electron chi connectivity index (χ3n) is 3.87. The second kappa shape index (κ2) is 6.82. The molecule has 0 amide bonds. The van der Waals surface area contributed by atoms with E-state index in [1.54, 1.807) is 6.07 Å². The van der Waals surface area contributed by atoms with Crippen LogP contribution in [0.2, 0.25) is 0 Å². The number of hydrogen-bond acceptors (Lipinski definition) is 2. The summed E-state index contributed by atoms with van der Waals surface area (Å²) in [6, 6.07) is 5.56. The van der Waals surface area contributed by atoms with Gasteiger partial charge in [-0.25, -0.2) is 4.39 Å². The van der Waals surface area contributed by atoms with Crippen molar-refractivity contribution < 1.29 is 9.13 Å². The van der Waals surface area contributed by atoms with Crippen molar-refractivity contribution in [2.45, 2.75) is 38.3 Å². The first-order valence-corrected chi connectivity index (χ1v) is 7.67. The SMILES string of the molecule is CCOC1CC(CC(NC)c2cccc(Br)c2F)C1. The lowest BCUT2D eigenvalue weighted by Crippen LogP contribution is -2.34. The van der Waals surface area contributed by atoms with Crippen molar-refractivity contribution in [2.24, 2.45) is 5.92 Å². The Bertz CT molecular complexity index is 421. The van der Waals surface area contributed by atoms with Crippen LogP contribution < -0.4 is 5.32 Å². The highest BCUT2D eigenvalue weighted by atomic mass is 79.9. The van der Waals surface area contributed by atoms with Gasteiger partial charge in [-0.2, -0.15) is 0 Å². The van der Waals surface area contributed by atoms with Crippen molar-refractivity contribution in [2.75, 3.05) is 13.7 Å². The molecule has 0 spiro atoms. The van der Waals surface area contributed by atoms with Crippen molar-refractivity contribution >= 4 is 15.9 Å². The molecule has 106 valence electrons. The van der Waals surface area contributed by atoms with Gasteiger partial charge in [-0.15, -0.1) is 0 Å².